The van der Waals surface area contributed by atoms with Crippen molar-refractivity contribution in [2.75, 3.05) is 18.4 Å². The first-order chi connectivity index (χ1) is 6.75. The summed E-state index contributed by atoms with van der Waals surface area (Å²) in [6, 6.07) is 7.19. The minimum absolute atomic E-state index is 0.608. The van der Waals surface area contributed by atoms with Gasteiger partial charge in [-0.05, 0) is 50.1 Å². The van der Waals surface area contributed by atoms with Crippen molar-refractivity contribution >= 4 is 5.69 Å². The van der Waals surface area contributed by atoms with Crippen LogP contribution in [0, 0.1) is 13.8 Å². The summed E-state index contributed by atoms with van der Waals surface area (Å²) in [4.78, 5) is 0. The normalized spacial score (nSPS) is 21.1. The van der Waals surface area contributed by atoms with Crippen molar-refractivity contribution in [1.29, 1.82) is 0 Å². The van der Waals surface area contributed by atoms with Crippen molar-refractivity contribution in [3.05, 3.63) is 29.3 Å². The molecule has 1 atom stereocenters. The molecular weight excluding hydrogens is 172 g/mol. The van der Waals surface area contributed by atoms with E-state index in [4.69, 9.17) is 0 Å². The summed E-state index contributed by atoms with van der Waals surface area (Å²) in [5.74, 6) is 0. The number of anilines is 1. The molecule has 1 aliphatic heterocycles. The molecular formula is C12H18N2. The number of nitrogens with one attached hydrogen (secondary N) is 2. The number of hydrogen-bond acceptors (Lipinski definition) is 2. The quantitative estimate of drug-likeness (QED) is 0.746. The van der Waals surface area contributed by atoms with Crippen LogP contribution in [-0.4, -0.2) is 19.1 Å². The highest BCUT2D eigenvalue weighted by molar-refractivity contribution is 5.48. The van der Waals surface area contributed by atoms with Crippen LogP contribution in [0.4, 0.5) is 5.69 Å². The molecule has 0 amide bonds. The molecule has 0 saturated carbocycles. The van der Waals surface area contributed by atoms with Crippen molar-refractivity contribution in [2.24, 2.45) is 0 Å². The Kier molecular flexibility index (Phi) is 2.73. The number of benzene rings is 1. The van der Waals surface area contributed by atoms with Crippen molar-refractivity contribution in [3.8, 4) is 0 Å². The lowest BCUT2D eigenvalue weighted by Gasteiger charge is -2.13. The monoisotopic (exact) mass is 190 g/mol. The van der Waals surface area contributed by atoms with Crippen molar-refractivity contribution in [3.63, 3.8) is 0 Å². The topological polar surface area (TPSA) is 24.1 Å². The van der Waals surface area contributed by atoms with E-state index in [1.165, 1.54) is 23.2 Å². The largest absolute Gasteiger partial charge is 0.381 e. The molecule has 14 heavy (non-hydrogen) atoms. The van der Waals surface area contributed by atoms with Gasteiger partial charge in [-0.25, -0.2) is 0 Å². The standard InChI is InChI=1S/C12H18N2/c1-9-3-4-11(7-10(9)2)14-12-5-6-13-8-12/h3-4,7,12-14H,5-6,8H2,1-2H3/t12-/m1/s1. The highest BCUT2D eigenvalue weighted by Crippen LogP contribution is 2.16. The Bertz CT molecular complexity index is 314. The second-order valence-corrected chi connectivity index (χ2v) is 4.13. The van der Waals surface area contributed by atoms with Gasteiger partial charge in [-0.3, -0.25) is 0 Å². The fraction of sp³-hybridized carbons (Fsp3) is 0.500. The summed E-state index contributed by atoms with van der Waals surface area (Å²) in [5, 5.41) is 6.90. The Labute approximate surface area is 85.7 Å². The predicted molar refractivity (Wildman–Crippen MR) is 60.8 cm³/mol. The van der Waals surface area contributed by atoms with Gasteiger partial charge in [0.2, 0.25) is 0 Å². The summed E-state index contributed by atoms with van der Waals surface area (Å²) in [7, 11) is 0. The predicted octanol–water partition coefficient (Wildman–Crippen LogP) is 2.08. The molecule has 2 nitrogen and oxygen atoms in total. The Morgan fingerprint density at radius 1 is 1.29 bits per heavy atom. The first-order valence-electron chi connectivity index (χ1n) is 5.30. The van der Waals surface area contributed by atoms with Crippen LogP contribution in [0.2, 0.25) is 0 Å². The first-order valence-corrected chi connectivity index (χ1v) is 5.30. The summed E-state index contributed by atoms with van der Waals surface area (Å²) in [6.07, 6.45) is 1.23. The molecule has 1 saturated heterocycles. The second-order valence-electron chi connectivity index (χ2n) is 4.13. The van der Waals surface area contributed by atoms with Gasteiger partial charge in [0.25, 0.3) is 0 Å². The number of hydrogen-bond donors (Lipinski definition) is 2. The molecule has 2 heteroatoms. The minimum atomic E-state index is 0.608. The maximum Gasteiger partial charge on any atom is 0.0398 e. The summed E-state index contributed by atoms with van der Waals surface area (Å²) >= 11 is 0. The average molecular weight is 190 g/mol. The first kappa shape index (κ1) is 9.53. The zero-order valence-corrected chi connectivity index (χ0v) is 8.93. The molecule has 0 bridgehead atoms. The van der Waals surface area contributed by atoms with Crippen molar-refractivity contribution in [2.45, 2.75) is 26.3 Å². The van der Waals surface area contributed by atoms with E-state index >= 15 is 0 Å². The minimum Gasteiger partial charge on any atom is -0.381 e. The SMILES string of the molecule is Cc1ccc(N[C@@H]2CCNC2)cc1C. The van der Waals surface area contributed by atoms with Gasteiger partial charge in [0.15, 0.2) is 0 Å². The van der Waals surface area contributed by atoms with Gasteiger partial charge in [0.05, 0.1) is 0 Å². The number of aryl methyl sites for hydroxylation is 2. The molecule has 0 aromatic heterocycles. The molecule has 1 aliphatic rings. The number of rotatable bonds is 2. The van der Waals surface area contributed by atoms with E-state index in [1.54, 1.807) is 0 Å². The summed E-state index contributed by atoms with van der Waals surface area (Å²) in [5.41, 5.74) is 3.97. The van der Waals surface area contributed by atoms with E-state index in [2.05, 4.69) is 42.7 Å². The van der Waals surface area contributed by atoms with Crippen LogP contribution in [0.15, 0.2) is 18.2 Å². The molecule has 0 radical (unpaired) electrons. The molecule has 1 aromatic carbocycles. The fourth-order valence-corrected chi connectivity index (χ4v) is 1.84. The lowest BCUT2D eigenvalue weighted by Crippen LogP contribution is -2.22. The molecule has 0 aliphatic carbocycles. The third-order valence-corrected chi connectivity index (χ3v) is 2.94. The molecule has 2 rings (SSSR count). The van der Waals surface area contributed by atoms with E-state index in [0.29, 0.717) is 6.04 Å². The fourth-order valence-electron chi connectivity index (χ4n) is 1.84. The van der Waals surface area contributed by atoms with E-state index in [0.717, 1.165) is 13.1 Å². The average Bonchev–Trinajstić information content (AvgIpc) is 2.64. The lowest BCUT2D eigenvalue weighted by atomic mass is 10.1. The van der Waals surface area contributed by atoms with Crippen LogP contribution in [0.3, 0.4) is 0 Å². The van der Waals surface area contributed by atoms with Crippen LogP contribution in [0.1, 0.15) is 17.5 Å². The second kappa shape index (κ2) is 4.01. The summed E-state index contributed by atoms with van der Waals surface area (Å²) in [6.45, 7) is 6.54. The maximum atomic E-state index is 3.55. The zero-order valence-electron chi connectivity index (χ0n) is 8.93. The Morgan fingerprint density at radius 2 is 2.14 bits per heavy atom. The molecule has 0 unspecified atom stereocenters. The third kappa shape index (κ3) is 2.07. The molecule has 76 valence electrons. The van der Waals surface area contributed by atoms with Crippen LogP contribution in [-0.2, 0) is 0 Å². The van der Waals surface area contributed by atoms with Gasteiger partial charge >= 0.3 is 0 Å². The van der Waals surface area contributed by atoms with Gasteiger partial charge in [0.1, 0.15) is 0 Å². The van der Waals surface area contributed by atoms with Gasteiger partial charge in [0, 0.05) is 18.3 Å². The van der Waals surface area contributed by atoms with Crippen LogP contribution >= 0.6 is 0 Å². The van der Waals surface area contributed by atoms with Crippen molar-refractivity contribution < 1.29 is 0 Å². The highest BCUT2D eigenvalue weighted by Gasteiger charge is 2.13. The highest BCUT2D eigenvalue weighted by atomic mass is 15.0. The molecule has 1 heterocycles. The molecule has 2 N–H and O–H groups in total. The molecule has 1 aromatic rings. The maximum absolute atomic E-state index is 3.55. The third-order valence-electron chi connectivity index (χ3n) is 2.94. The van der Waals surface area contributed by atoms with Gasteiger partial charge in [-0.1, -0.05) is 6.07 Å². The van der Waals surface area contributed by atoms with Crippen LogP contribution in [0.25, 0.3) is 0 Å². The summed E-state index contributed by atoms with van der Waals surface area (Å²) < 4.78 is 0. The van der Waals surface area contributed by atoms with E-state index < -0.39 is 0 Å². The van der Waals surface area contributed by atoms with Crippen LogP contribution in [0.5, 0.6) is 0 Å². The zero-order chi connectivity index (χ0) is 9.97. The smallest absolute Gasteiger partial charge is 0.0398 e. The Balaban J connectivity index is 2.05. The lowest BCUT2D eigenvalue weighted by molar-refractivity contribution is 0.793. The van der Waals surface area contributed by atoms with Crippen molar-refractivity contribution in [1.82, 2.24) is 5.32 Å². The van der Waals surface area contributed by atoms with Gasteiger partial charge in [-0.15, -0.1) is 0 Å². The van der Waals surface area contributed by atoms with E-state index in [-0.39, 0.29) is 0 Å². The van der Waals surface area contributed by atoms with E-state index in [1.807, 2.05) is 0 Å². The molecule has 1 fully saturated rings. The van der Waals surface area contributed by atoms with Gasteiger partial charge in [-0.2, -0.15) is 0 Å². The van der Waals surface area contributed by atoms with Crippen LogP contribution < -0.4 is 10.6 Å². The molecule has 0 spiro atoms. The Hall–Kier alpha value is -1.02. The van der Waals surface area contributed by atoms with E-state index in [9.17, 15) is 0 Å². The Morgan fingerprint density at radius 3 is 2.79 bits per heavy atom. The van der Waals surface area contributed by atoms with Gasteiger partial charge < -0.3 is 10.6 Å².